The van der Waals surface area contributed by atoms with E-state index in [2.05, 4.69) is 25.7 Å². The third-order valence-corrected chi connectivity index (χ3v) is 5.85. The highest BCUT2D eigenvalue weighted by atomic mass is 32.2. The molecule has 1 atom stereocenters. The molecule has 1 N–H and O–H groups in total. The zero-order valence-corrected chi connectivity index (χ0v) is 18.5. The number of methoxy groups -OCH3 is 1. The van der Waals surface area contributed by atoms with Gasteiger partial charge in [0, 0.05) is 31.1 Å². The number of hydrogen-bond donors (Lipinski definition) is 1. The van der Waals surface area contributed by atoms with Gasteiger partial charge in [0.05, 0.1) is 13.2 Å². The van der Waals surface area contributed by atoms with E-state index in [-0.39, 0.29) is 5.91 Å². The first-order valence-corrected chi connectivity index (χ1v) is 10.8. The predicted molar refractivity (Wildman–Crippen MR) is 120 cm³/mol. The lowest BCUT2D eigenvalue weighted by atomic mass is 10.1. The standard InChI is InChI=1S/C22H22N6O3S/c1-15-14-18(27-31-15)24-21(29)19(16-6-4-3-5-7-16)32-22-26-25-20(28(22)12-13-30-2)17-8-10-23-11-9-17/h3-11,14,19H,12-13H2,1-2H3,(H,24,27,29). The zero-order valence-electron chi connectivity index (χ0n) is 17.6. The molecule has 0 radical (unpaired) electrons. The van der Waals surface area contributed by atoms with Crippen molar-refractivity contribution in [3.8, 4) is 11.4 Å². The van der Waals surface area contributed by atoms with Gasteiger partial charge in [-0.05, 0) is 24.6 Å². The van der Waals surface area contributed by atoms with Crippen molar-refractivity contribution in [2.75, 3.05) is 19.0 Å². The van der Waals surface area contributed by atoms with Gasteiger partial charge in [0.1, 0.15) is 11.0 Å². The minimum atomic E-state index is -0.580. The van der Waals surface area contributed by atoms with E-state index in [4.69, 9.17) is 9.26 Å². The topological polar surface area (TPSA) is 108 Å². The number of aromatic nitrogens is 5. The van der Waals surface area contributed by atoms with E-state index in [1.54, 1.807) is 32.5 Å². The molecule has 0 saturated heterocycles. The molecule has 3 heterocycles. The van der Waals surface area contributed by atoms with E-state index < -0.39 is 5.25 Å². The molecule has 1 aromatic carbocycles. The third kappa shape index (κ3) is 5.04. The van der Waals surface area contributed by atoms with Gasteiger partial charge in [-0.1, -0.05) is 47.3 Å². The van der Waals surface area contributed by atoms with Crippen LogP contribution in [0.4, 0.5) is 5.82 Å². The van der Waals surface area contributed by atoms with Crippen molar-refractivity contribution in [1.29, 1.82) is 0 Å². The Morgan fingerprint density at radius 1 is 1.19 bits per heavy atom. The fourth-order valence-electron chi connectivity index (χ4n) is 3.10. The molecule has 0 aliphatic heterocycles. The van der Waals surface area contributed by atoms with Crippen LogP contribution in [0.25, 0.3) is 11.4 Å². The minimum absolute atomic E-state index is 0.235. The molecular weight excluding hydrogens is 428 g/mol. The van der Waals surface area contributed by atoms with E-state index in [0.29, 0.717) is 35.7 Å². The summed E-state index contributed by atoms with van der Waals surface area (Å²) in [5.41, 5.74) is 1.72. The average Bonchev–Trinajstić information content (AvgIpc) is 3.42. The first-order chi connectivity index (χ1) is 15.7. The van der Waals surface area contributed by atoms with Crippen LogP contribution in [0.15, 0.2) is 70.6 Å². The van der Waals surface area contributed by atoms with Gasteiger partial charge >= 0.3 is 0 Å². The smallest absolute Gasteiger partial charge is 0.243 e. The summed E-state index contributed by atoms with van der Waals surface area (Å²) < 4.78 is 12.3. The van der Waals surface area contributed by atoms with E-state index in [1.807, 2.05) is 47.0 Å². The Hall–Kier alpha value is -3.50. The number of carbonyl (C=O) groups excluding carboxylic acids is 1. The maximum Gasteiger partial charge on any atom is 0.243 e. The normalized spacial score (nSPS) is 11.9. The highest BCUT2D eigenvalue weighted by molar-refractivity contribution is 8.00. The predicted octanol–water partition coefficient (Wildman–Crippen LogP) is 3.76. The van der Waals surface area contributed by atoms with Crippen LogP contribution in [-0.4, -0.2) is 44.5 Å². The van der Waals surface area contributed by atoms with Crippen molar-refractivity contribution in [3.63, 3.8) is 0 Å². The molecule has 1 unspecified atom stereocenters. The number of carbonyl (C=O) groups is 1. The Labute approximate surface area is 189 Å². The SMILES string of the molecule is COCCn1c(SC(C(=O)Nc2cc(C)on2)c2ccccc2)nnc1-c1ccncc1. The zero-order chi connectivity index (χ0) is 22.3. The average molecular weight is 451 g/mol. The van der Waals surface area contributed by atoms with E-state index in [1.165, 1.54) is 11.8 Å². The van der Waals surface area contributed by atoms with Gasteiger partial charge < -0.3 is 14.6 Å². The molecule has 0 spiro atoms. The van der Waals surface area contributed by atoms with Crippen LogP contribution >= 0.6 is 11.8 Å². The molecule has 9 nitrogen and oxygen atoms in total. The Balaban J connectivity index is 1.67. The van der Waals surface area contributed by atoms with E-state index >= 15 is 0 Å². The van der Waals surface area contributed by atoms with Gasteiger partial charge in [0.2, 0.25) is 5.91 Å². The summed E-state index contributed by atoms with van der Waals surface area (Å²) in [6.07, 6.45) is 3.41. The lowest BCUT2D eigenvalue weighted by molar-refractivity contribution is -0.115. The van der Waals surface area contributed by atoms with Crippen molar-refractivity contribution in [2.45, 2.75) is 23.9 Å². The summed E-state index contributed by atoms with van der Waals surface area (Å²) >= 11 is 1.32. The second kappa shape index (κ2) is 10.2. The largest absolute Gasteiger partial charge is 0.383 e. The Kier molecular flexibility index (Phi) is 6.93. The lowest BCUT2D eigenvalue weighted by Crippen LogP contribution is -2.20. The second-order valence-electron chi connectivity index (χ2n) is 6.91. The summed E-state index contributed by atoms with van der Waals surface area (Å²) in [5.74, 6) is 1.44. The summed E-state index contributed by atoms with van der Waals surface area (Å²) in [4.78, 5) is 17.3. The van der Waals surface area contributed by atoms with Gasteiger partial charge in [-0.3, -0.25) is 14.3 Å². The first-order valence-electron chi connectivity index (χ1n) is 9.94. The highest BCUT2D eigenvalue weighted by Gasteiger charge is 2.26. The van der Waals surface area contributed by atoms with Crippen LogP contribution in [-0.2, 0) is 16.1 Å². The maximum atomic E-state index is 13.2. The number of thioether (sulfide) groups is 1. The summed E-state index contributed by atoms with van der Waals surface area (Å²) in [5, 5.41) is 15.5. The van der Waals surface area contributed by atoms with Crippen LogP contribution in [0.2, 0.25) is 0 Å². The second-order valence-corrected chi connectivity index (χ2v) is 7.98. The maximum absolute atomic E-state index is 13.2. The number of benzene rings is 1. The molecule has 1 amide bonds. The fourth-order valence-corrected chi connectivity index (χ4v) is 4.16. The van der Waals surface area contributed by atoms with E-state index in [9.17, 15) is 4.79 Å². The molecule has 0 saturated carbocycles. The van der Waals surface area contributed by atoms with Crippen LogP contribution in [0, 0.1) is 6.92 Å². The molecule has 0 aliphatic rings. The lowest BCUT2D eigenvalue weighted by Gasteiger charge is -2.17. The quantitative estimate of drug-likeness (QED) is 0.384. The number of nitrogens with zero attached hydrogens (tertiary/aromatic N) is 5. The molecule has 4 rings (SSSR count). The number of anilines is 1. The van der Waals surface area contributed by atoms with Gasteiger partial charge in [-0.2, -0.15) is 0 Å². The number of pyridine rings is 1. The van der Waals surface area contributed by atoms with Crippen molar-refractivity contribution in [3.05, 3.63) is 72.2 Å². The molecule has 3 aromatic heterocycles. The molecular formula is C22H22N6O3S. The van der Waals surface area contributed by atoms with E-state index in [0.717, 1.165) is 11.1 Å². The summed E-state index contributed by atoms with van der Waals surface area (Å²) in [7, 11) is 1.64. The Morgan fingerprint density at radius 3 is 2.66 bits per heavy atom. The van der Waals surface area contributed by atoms with Crippen molar-refractivity contribution >= 4 is 23.5 Å². The summed E-state index contributed by atoms with van der Waals surface area (Å²) in [6, 6.07) is 14.9. The molecule has 0 bridgehead atoms. The molecule has 0 aliphatic carbocycles. The monoisotopic (exact) mass is 450 g/mol. The number of nitrogens with one attached hydrogen (secondary N) is 1. The van der Waals surface area contributed by atoms with Crippen LogP contribution < -0.4 is 5.32 Å². The van der Waals surface area contributed by atoms with Crippen LogP contribution in [0.1, 0.15) is 16.6 Å². The highest BCUT2D eigenvalue weighted by Crippen LogP contribution is 2.36. The van der Waals surface area contributed by atoms with Crippen LogP contribution in [0.5, 0.6) is 0 Å². The molecule has 32 heavy (non-hydrogen) atoms. The van der Waals surface area contributed by atoms with Gasteiger partial charge in [-0.15, -0.1) is 10.2 Å². The van der Waals surface area contributed by atoms with Gasteiger partial charge in [0.15, 0.2) is 16.8 Å². The van der Waals surface area contributed by atoms with Crippen molar-refractivity contribution in [2.24, 2.45) is 0 Å². The van der Waals surface area contributed by atoms with Gasteiger partial charge in [0.25, 0.3) is 0 Å². The number of amides is 1. The third-order valence-electron chi connectivity index (χ3n) is 4.62. The molecule has 164 valence electrons. The van der Waals surface area contributed by atoms with Gasteiger partial charge in [-0.25, -0.2) is 0 Å². The Bertz CT molecular complexity index is 1160. The molecule has 0 fully saturated rings. The van der Waals surface area contributed by atoms with Crippen LogP contribution in [0.3, 0.4) is 0 Å². The number of hydrogen-bond acceptors (Lipinski definition) is 8. The fraction of sp³-hybridized carbons (Fsp3) is 0.227. The number of aryl methyl sites for hydroxylation is 1. The number of rotatable bonds is 9. The van der Waals surface area contributed by atoms with Crippen molar-refractivity contribution in [1.82, 2.24) is 24.9 Å². The molecule has 10 heteroatoms. The van der Waals surface area contributed by atoms with Crippen molar-refractivity contribution < 1.29 is 14.1 Å². The first kappa shape index (κ1) is 21.7. The summed E-state index contributed by atoms with van der Waals surface area (Å²) in [6.45, 7) is 2.78. The number of ether oxygens (including phenoxy) is 1. The minimum Gasteiger partial charge on any atom is -0.383 e. The molecule has 4 aromatic rings. The Morgan fingerprint density at radius 2 is 1.97 bits per heavy atom.